The summed E-state index contributed by atoms with van der Waals surface area (Å²) in [6.45, 7) is 7.39. The van der Waals surface area contributed by atoms with E-state index in [9.17, 15) is 9.59 Å². The van der Waals surface area contributed by atoms with Gasteiger partial charge in [-0.05, 0) is 37.1 Å². The minimum atomic E-state index is -1.82. The van der Waals surface area contributed by atoms with Crippen molar-refractivity contribution in [3.63, 3.8) is 0 Å². The lowest BCUT2D eigenvalue weighted by atomic mass is 9.75. The third-order valence-electron chi connectivity index (χ3n) is 4.56. The molecule has 1 atom stereocenters. The minimum Gasteiger partial charge on any atom is -0.493 e. The molecule has 1 unspecified atom stereocenters. The van der Waals surface area contributed by atoms with Crippen molar-refractivity contribution in [2.75, 3.05) is 41.2 Å². The molecule has 0 N–H and O–H groups in total. The molecule has 1 fully saturated rings. The van der Waals surface area contributed by atoms with Crippen LogP contribution in [0, 0.1) is 5.41 Å². The molecular formula is C20H26O8. The second kappa shape index (κ2) is 8.97. The van der Waals surface area contributed by atoms with Crippen LogP contribution in [0.4, 0.5) is 0 Å². The van der Waals surface area contributed by atoms with Gasteiger partial charge in [0.25, 0.3) is 0 Å². The van der Waals surface area contributed by atoms with E-state index >= 15 is 0 Å². The van der Waals surface area contributed by atoms with Gasteiger partial charge in [-0.25, -0.2) is 0 Å². The van der Waals surface area contributed by atoms with Crippen LogP contribution in [0.1, 0.15) is 25.5 Å². The maximum atomic E-state index is 13.0. The number of hydrogen-bond acceptors (Lipinski definition) is 8. The lowest BCUT2D eigenvalue weighted by molar-refractivity contribution is -0.174. The van der Waals surface area contributed by atoms with Crippen LogP contribution in [0.25, 0.3) is 0 Å². The van der Waals surface area contributed by atoms with Crippen molar-refractivity contribution in [1.82, 2.24) is 0 Å². The number of ether oxygens (including phenoxy) is 6. The monoisotopic (exact) mass is 394 g/mol. The third-order valence-corrected chi connectivity index (χ3v) is 4.56. The Kier molecular flexibility index (Phi) is 6.90. The van der Waals surface area contributed by atoms with Crippen molar-refractivity contribution >= 4 is 11.9 Å². The summed E-state index contributed by atoms with van der Waals surface area (Å²) in [5.41, 5.74) is -1.09. The lowest BCUT2D eigenvalue weighted by Crippen LogP contribution is -2.45. The predicted octanol–water partition coefficient (Wildman–Crippen LogP) is 2.45. The quantitative estimate of drug-likeness (QED) is 0.377. The van der Waals surface area contributed by atoms with Gasteiger partial charge in [-0.2, -0.15) is 0 Å². The largest absolute Gasteiger partial charge is 0.493 e. The van der Waals surface area contributed by atoms with E-state index in [1.165, 1.54) is 21.3 Å². The van der Waals surface area contributed by atoms with E-state index in [0.717, 1.165) is 0 Å². The van der Waals surface area contributed by atoms with E-state index in [-0.39, 0.29) is 25.4 Å². The van der Waals surface area contributed by atoms with E-state index in [1.807, 2.05) is 0 Å². The van der Waals surface area contributed by atoms with Gasteiger partial charge in [-0.15, -0.1) is 0 Å². The zero-order chi connectivity index (χ0) is 20.9. The molecule has 0 spiro atoms. The van der Waals surface area contributed by atoms with Gasteiger partial charge in [-0.1, -0.05) is 6.58 Å². The number of benzene rings is 1. The Hall–Kier alpha value is -2.74. The Morgan fingerprint density at radius 3 is 1.93 bits per heavy atom. The van der Waals surface area contributed by atoms with Crippen molar-refractivity contribution in [1.29, 1.82) is 0 Å². The van der Waals surface area contributed by atoms with Gasteiger partial charge in [-0.3, -0.25) is 9.59 Å². The fourth-order valence-electron chi connectivity index (χ4n) is 3.28. The van der Waals surface area contributed by atoms with E-state index in [4.69, 9.17) is 28.4 Å². The molecule has 1 aromatic rings. The Balaban J connectivity index is 2.69. The van der Waals surface area contributed by atoms with Crippen molar-refractivity contribution in [2.45, 2.75) is 20.0 Å². The van der Waals surface area contributed by atoms with Gasteiger partial charge < -0.3 is 28.4 Å². The molecule has 0 aromatic heterocycles. The van der Waals surface area contributed by atoms with Gasteiger partial charge in [0.1, 0.15) is 6.10 Å². The predicted molar refractivity (Wildman–Crippen MR) is 99.6 cm³/mol. The average molecular weight is 394 g/mol. The molecule has 8 heteroatoms. The molecule has 1 aliphatic heterocycles. The molecule has 0 saturated carbocycles. The van der Waals surface area contributed by atoms with Crippen LogP contribution >= 0.6 is 0 Å². The minimum absolute atomic E-state index is 0.00104. The molecule has 1 saturated heterocycles. The van der Waals surface area contributed by atoms with Crippen LogP contribution in [-0.4, -0.2) is 53.1 Å². The summed E-state index contributed by atoms with van der Waals surface area (Å²) >= 11 is 0. The van der Waals surface area contributed by atoms with Gasteiger partial charge in [0, 0.05) is 0 Å². The first-order valence-corrected chi connectivity index (χ1v) is 8.86. The first-order valence-electron chi connectivity index (χ1n) is 8.86. The van der Waals surface area contributed by atoms with Crippen LogP contribution < -0.4 is 14.2 Å². The molecule has 0 amide bonds. The Bertz CT molecular complexity index is 712. The standard InChI is InChI=1S/C20H26O8/c1-7-26-18(21)20(19(22)27-8-2)12(3)11-28-17(20)13-9-14(23-4)16(25-6)15(10-13)24-5/h9-10,17H,3,7-8,11H2,1-2,4-6H3. The first-order chi connectivity index (χ1) is 13.4. The summed E-state index contributed by atoms with van der Waals surface area (Å²) < 4.78 is 32.3. The summed E-state index contributed by atoms with van der Waals surface area (Å²) in [6, 6.07) is 3.25. The summed E-state index contributed by atoms with van der Waals surface area (Å²) in [4.78, 5) is 25.9. The lowest BCUT2D eigenvalue weighted by Gasteiger charge is -2.30. The van der Waals surface area contributed by atoms with E-state index in [0.29, 0.717) is 22.8 Å². The number of carbonyl (C=O) groups is 2. The summed E-state index contributed by atoms with van der Waals surface area (Å²) in [7, 11) is 4.42. The molecule has 8 nitrogen and oxygen atoms in total. The first kappa shape index (κ1) is 21.6. The molecule has 2 rings (SSSR count). The Morgan fingerprint density at radius 2 is 1.54 bits per heavy atom. The number of carbonyl (C=O) groups excluding carboxylic acids is 2. The van der Waals surface area contributed by atoms with Crippen LogP contribution in [0.15, 0.2) is 24.3 Å². The fraction of sp³-hybridized carbons (Fsp3) is 0.500. The van der Waals surface area contributed by atoms with Crippen LogP contribution in [-0.2, 0) is 23.8 Å². The van der Waals surface area contributed by atoms with E-state index < -0.39 is 23.5 Å². The van der Waals surface area contributed by atoms with Crippen molar-refractivity contribution < 1.29 is 38.0 Å². The number of rotatable bonds is 8. The maximum Gasteiger partial charge on any atom is 0.330 e. The fourth-order valence-corrected chi connectivity index (χ4v) is 3.28. The van der Waals surface area contributed by atoms with Crippen LogP contribution in [0.2, 0.25) is 0 Å². The van der Waals surface area contributed by atoms with Crippen molar-refractivity contribution in [3.8, 4) is 17.2 Å². The highest BCUT2D eigenvalue weighted by atomic mass is 16.6. The smallest absolute Gasteiger partial charge is 0.330 e. The molecule has 0 bridgehead atoms. The second-order valence-corrected chi connectivity index (χ2v) is 6.00. The zero-order valence-corrected chi connectivity index (χ0v) is 16.8. The third kappa shape index (κ3) is 3.40. The highest BCUT2D eigenvalue weighted by Gasteiger charge is 2.62. The summed E-state index contributed by atoms with van der Waals surface area (Å²) in [5, 5.41) is 0. The molecular weight excluding hydrogens is 368 g/mol. The molecule has 28 heavy (non-hydrogen) atoms. The topological polar surface area (TPSA) is 89.5 Å². The Morgan fingerprint density at radius 1 is 1.04 bits per heavy atom. The normalized spacial score (nSPS) is 17.8. The molecule has 0 radical (unpaired) electrons. The Labute approximate surface area is 164 Å². The molecule has 154 valence electrons. The second-order valence-electron chi connectivity index (χ2n) is 6.00. The molecule has 0 aliphatic carbocycles. The SMILES string of the molecule is C=C1COC(c2cc(OC)c(OC)c(OC)c2)C1(C(=O)OCC)C(=O)OCC. The van der Waals surface area contributed by atoms with Crippen LogP contribution in [0.3, 0.4) is 0 Å². The van der Waals surface area contributed by atoms with Gasteiger partial charge in [0.2, 0.25) is 11.2 Å². The number of esters is 2. The van der Waals surface area contributed by atoms with Gasteiger partial charge in [0.15, 0.2) is 11.5 Å². The average Bonchev–Trinajstić information content (AvgIpc) is 3.05. The molecule has 1 aliphatic rings. The van der Waals surface area contributed by atoms with Crippen molar-refractivity contribution in [3.05, 3.63) is 29.8 Å². The van der Waals surface area contributed by atoms with Gasteiger partial charge >= 0.3 is 11.9 Å². The molecule has 1 heterocycles. The number of methoxy groups -OCH3 is 3. The van der Waals surface area contributed by atoms with Crippen molar-refractivity contribution in [2.24, 2.45) is 5.41 Å². The zero-order valence-electron chi connectivity index (χ0n) is 16.8. The number of hydrogen-bond donors (Lipinski definition) is 0. The molecule has 1 aromatic carbocycles. The van der Waals surface area contributed by atoms with E-state index in [1.54, 1.807) is 26.0 Å². The highest BCUT2D eigenvalue weighted by Crippen LogP contribution is 2.52. The maximum absolute atomic E-state index is 13.0. The summed E-state index contributed by atoms with van der Waals surface area (Å²) in [6.07, 6.45) is -1.02. The summed E-state index contributed by atoms with van der Waals surface area (Å²) in [5.74, 6) is -0.438. The van der Waals surface area contributed by atoms with Crippen LogP contribution in [0.5, 0.6) is 17.2 Å². The van der Waals surface area contributed by atoms with E-state index in [2.05, 4.69) is 6.58 Å². The highest BCUT2D eigenvalue weighted by molar-refractivity contribution is 6.05. The van der Waals surface area contributed by atoms with Gasteiger partial charge in [0.05, 0.1) is 41.2 Å².